The minimum Gasteiger partial charge on any atom is -0.308 e. The summed E-state index contributed by atoms with van der Waals surface area (Å²) in [7, 11) is 0. The summed E-state index contributed by atoms with van der Waals surface area (Å²) in [5, 5.41) is 3.40. The highest BCUT2D eigenvalue weighted by atomic mass is 15.0. The molecule has 0 spiro atoms. The summed E-state index contributed by atoms with van der Waals surface area (Å²) in [5.74, 6) is 0.666. The Morgan fingerprint density at radius 2 is 0.887 bits per heavy atom. The van der Waals surface area contributed by atoms with E-state index in [0.717, 1.165) is 77.7 Å². The average molecular weight is 677 g/mol. The fourth-order valence-electron chi connectivity index (χ4n) is 7.49. The first-order valence-electron chi connectivity index (χ1n) is 17.9. The monoisotopic (exact) mass is 676 g/mol. The van der Waals surface area contributed by atoms with Gasteiger partial charge >= 0.3 is 0 Å². The molecular weight excluding hydrogens is 645 g/mol. The maximum absolute atomic E-state index is 5.37. The van der Waals surface area contributed by atoms with Crippen molar-refractivity contribution in [3.8, 4) is 62.0 Å². The van der Waals surface area contributed by atoms with Crippen molar-refractivity contribution in [1.82, 2.24) is 19.5 Å². The number of benzene rings is 7. The molecule has 0 radical (unpaired) electrons. The molecule has 0 saturated heterocycles. The lowest BCUT2D eigenvalue weighted by atomic mass is 10.00. The Kier molecular flexibility index (Phi) is 7.43. The normalized spacial score (nSPS) is 11.4. The third kappa shape index (κ3) is 5.45. The zero-order valence-electron chi connectivity index (χ0n) is 28.8. The Morgan fingerprint density at radius 3 is 1.62 bits per heavy atom. The van der Waals surface area contributed by atoms with Crippen molar-refractivity contribution in [1.29, 1.82) is 0 Å². The van der Waals surface area contributed by atoms with Crippen LogP contribution in [0.1, 0.15) is 0 Å². The van der Waals surface area contributed by atoms with Crippen LogP contribution >= 0.6 is 0 Å². The van der Waals surface area contributed by atoms with Crippen molar-refractivity contribution in [3.05, 3.63) is 194 Å². The molecule has 248 valence electrons. The van der Waals surface area contributed by atoms with E-state index in [9.17, 15) is 0 Å². The Bertz CT molecular complexity index is 2910. The molecule has 3 heterocycles. The van der Waals surface area contributed by atoms with Crippen molar-refractivity contribution in [3.63, 3.8) is 0 Å². The fourth-order valence-corrected chi connectivity index (χ4v) is 7.49. The molecule has 7 aromatic carbocycles. The predicted molar refractivity (Wildman–Crippen MR) is 219 cm³/mol. The van der Waals surface area contributed by atoms with Crippen LogP contribution in [0.15, 0.2) is 194 Å². The first-order valence-corrected chi connectivity index (χ1v) is 17.9. The smallest absolute Gasteiger partial charge is 0.160 e. The second-order valence-electron chi connectivity index (χ2n) is 13.2. The topological polar surface area (TPSA) is 43.6 Å². The van der Waals surface area contributed by atoms with E-state index in [0.29, 0.717) is 5.82 Å². The Morgan fingerprint density at radius 1 is 0.358 bits per heavy atom. The minimum atomic E-state index is 0.666. The number of nitrogens with zero attached hydrogens (tertiary/aromatic N) is 4. The lowest BCUT2D eigenvalue weighted by molar-refractivity contribution is 1.18. The van der Waals surface area contributed by atoms with Crippen LogP contribution in [0.3, 0.4) is 0 Å². The SMILES string of the molecule is c1ccc(-c2ccc(-c3cc(-c4ccccc4)nc(-c4cccc(-c5nc6ccccc6c6c5c5ccccc5n6-c5ccccc5)c4)n3)cc2)cc1. The molecule has 0 aliphatic carbocycles. The van der Waals surface area contributed by atoms with Crippen LogP contribution in [-0.4, -0.2) is 19.5 Å². The van der Waals surface area contributed by atoms with Crippen LogP contribution in [0.25, 0.3) is 94.7 Å². The van der Waals surface area contributed by atoms with Crippen molar-refractivity contribution in [2.75, 3.05) is 0 Å². The summed E-state index contributed by atoms with van der Waals surface area (Å²) < 4.78 is 2.38. The van der Waals surface area contributed by atoms with Gasteiger partial charge in [-0.3, -0.25) is 0 Å². The van der Waals surface area contributed by atoms with Crippen molar-refractivity contribution in [2.24, 2.45) is 0 Å². The van der Waals surface area contributed by atoms with Crippen LogP contribution < -0.4 is 0 Å². The van der Waals surface area contributed by atoms with Crippen molar-refractivity contribution < 1.29 is 0 Å². The summed E-state index contributed by atoms with van der Waals surface area (Å²) in [5.41, 5.74) is 13.4. The minimum absolute atomic E-state index is 0.666. The van der Waals surface area contributed by atoms with Crippen LogP contribution in [0.2, 0.25) is 0 Å². The summed E-state index contributed by atoms with van der Waals surface area (Å²) in [6, 6.07) is 67.7. The van der Waals surface area contributed by atoms with Gasteiger partial charge in [0.05, 0.1) is 33.6 Å². The molecule has 4 nitrogen and oxygen atoms in total. The Hall–Kier alpha value is -7.17. The molecule has 10 aromatic rings. The zero-order chi connectivity index (χ0) is 35.1. The molecule has 3 aromatic heterocycles. The quantitative estimate of drug-likeness (QED) is 0.176. The first kappa shape index (κ1) is 30.6. The van der Waals surface area contributed by atoms with E-state index in [1.165, 1.54) is 11.1 Å². The molecule has 0 bridgehead atoms. The highest BCUT2D eigenvalue weighted by molar-refractivity contribution is 6.22. The zero-order valence-corrected chi connectivity index (χ0v) is 28.8. The number of pyridine rings is 1. The number of hydrogen-bond acceptors (Lipinski definition) is 3. The first-order chi connectivity index (χ1) is 26.3. The maximum Gasteiger partial charge on any atom is 0.160 e. The highest BCUT2D eigenvalue weighted by Gasteiger charge is 2.21. The lowest BCUT2D eigenvalue weighted by Crippen LogP contribution is -1.97. The van der Waals surface area contributed by atoms with Gasteiger partial charge in [0.25, 0.3) is 0 Å². The second kappa shape index (κ2) is 12.9. The Labute approximate surface area is 307 Å². The fraction of sp³-hybridized carbons (Fsp3) is 0. The molecule has 0 aliphatic heterocycles. The number of rotatable bonds is 6. The van der Waals surface area contributed by atoms with Gasteiger partial charge < -0.3 is 4.57 Å². The van der Waals surface area contributed by atoms with Crippen molar-refractivity contribution in [2.45, 2.75) is 0 Å². The van der Waals surface area contributed by atoms with Gasteiger partial charge in [0.2, 0.25) is 0 Å². The largest absolute Gasteiger partial charge is 0.308 e. The van der Waals surface area contributed by atoms with Gasteiger partial charge in [-0.25, -0.2) is 15.0 Å². The van der Waals surface area contributed by atoms with E-state index < -0.39 is 0 Å². The van der Waals surface area contributed by atoms with Gasteiger partial charge in [0, 0.05) is 44.1 Å². The molecule has 0 amide bonds. The van der Waals surface area contributed by atoms with Gasteiger partial charge in [0.1, 0.15) is 0 Å². The molecular formula is C49H32N4. The van der Waals surface area contributed by atoms with Gasteiger partial charge in [-0.05, 0) is 47.5 Å². The summed E-state index contributed by atoms with van der Waals surface area (Å²) in [6.45, 7) is 0. The third-order valence-corrected chi connectivity index (χ3v) is 10.00. The molecule has 0 unspecified atom stereocenters. The van der Waals surface area contributed by atoms with E-state index >= 15 is 0 Å². The summed E-state index contributed by atoms with van der Waals surface area (Å²) in [6.07, 6.45) is 0. The maximum atomic E-state index is 5.37. The van der Waals surface area contributed by atoms with E-state index in [2.05, 4.69) is 187 Å². The predicted octanol–water partition coefficient (Wildman–Crippen LogP) is 12.5. The van der Waals surface area contributed by atoms with E-state index in [1.54, 1.807) is 0 Å². The number of aromatic nitrogens is 4. The third-order valence-electron chi connectivity index (χ3n) is 10.00. The summed E-state index contributed by atoms with van der Waals surface area (Å²) >= 11 is 0. The van der Waals surface area contributed by atoms with Gasteiger partial charge in [-0.15, -0.1) is 0 Å². The van der Waals surface area contributed by atoms with Crippen LogP contribution in [-0.2, 0) is 0 Å². The van der Waals surface area contributed by atoms with Gasteiger partial charge in [-0.1, -0.05) is 158 Å². The van der Waals surface area contributed by atoms with E-state index in [4.69, 9.17) is 15.0 Å². The summed E-state index contributed by atoms with van der Waals surface area (Å²) in [4.78, 5) is 15.8. The molecule has 0 atom stereocenters. The molecule has 0 fully saturated rings. The standard InChI is InChI=1S/C49H32N4/c1-4-15-33(16-5-1)34-27-29-36(30-28-34)44-32-43(35-17-6-2-7-18-35)51-49(52-44)38-20-14-19-37(31-38)47-46-41-24-11-13-26-45(41)53(39-21-8-3-9-22-39)48(46)40-23-10-12-25-42(40)50-47/h1-32H. The molecule has 10 rings (SSSR count). The van der Waals surface area contributed by atoms with E-state index in [1.807, 2.05) is 12.1 Å². The van der Waals surface area contributed by atoms with Gasteiger partial charge in [-0.2, -0.15) is 0 Å². The lowest BCUT2D eigenvalue weighted by Gasteiger charge is -2.13. The molecule has 4 heteroatoms. The molecule has 0 aliphatic rings. The van der Waals surface area contributed by atoms with Crippen LogP contribution in [0, 0.1) is 0 Å². The van der Waals surface area contributed by atoms with Gasteiger partial charge in [0.15, 0.2) is 5.82 Å². The highest BCUT2D eigenvalue weighted by Crippen LogP contribution is 2.41. The Balaban J connectivity index is 1.17. The number of hydrogen-bond donors (Lipinski definition) is 0. The van der Waals surface area contributed by atoms with E-state index in [-0.39, 0.29) is 0 Å². The number of para-hydroxylation sites is 3. The molecule has 0 N–H and O–H groups in total. The second-order valence-corrected chi connectivity index (χ2v) is 13.2. The average Bonchev–Trinajstić information content (AvgIpc) is 3.60. The van der Waals surface area contributed by atoms with Crippen molar-refractivity contribution >= 4 is 32.7 Å². The number of fused-ring (bicyclic) bond motifs is 5. The van der Waals surface area contributed by atoms with Crippen LogP contribution in [0.4, 0.5) is 0 Å². The van der Waals surface area contributed by atoms with Crippen LogP contribution in [0.5, 0.6) is 0 Å². The molecule has 0 saturated carbocycles. The molecule has 53 heavy (non-hydrogen) atoms.